The first-order valence-electron chi connectivity index (χ1n) is 3.33. The Morgan fingerprint density at radius 1 is 1.50 bits per heavy atom. The van der Waals surface area contributed by atoms with Crippen molar-refractivity contribution in [3.63, 3.8) is 0 Å². The molecule has 3 amide bonds. The van der Waals surface area contributed by atoms with Gasteiger partial charge in [-0.05, 0) is 13.8 Å². The first kappa shape index (κ1) is 10.3. The van der Waals surface area contributed by atoms with E-state index in [4.69, 9.17) is 5.73 Å². The van der Waals surface area contributed by atoms with Gasteiger partial charge in [-0.25, -0.2) is 9.79 Å². The van der Waals surface area contributed by atoms with E-state index in [9.17, 15) is 9.59 Å². The third-order valence-corrected chi connectivity index (χ3v) is 0.835. The summed E-state index contributed by atoms with van der Waals surface area (Å²) in [5.41, 5.74) is 5.53. The maximum atomic E-state index is 10.8. The maximum absolute atomic E-state index is 10.8. The summed E-state index contributed by atoms with van der Waals surface area (Å²) in [5, 5.41) is 1.98. The third kappa shape index (κ3) is 5.16. The number of nitrogens with two attached hydrogens (primary N) is 1. The lowest BCUT2D eigenvalue weighted by Crippen LogP contribution is -2.26. The van der Waals surface area contributed by atoms with Crippen LogP contribution in [0.5, 0.6) is 0 Å². The molecule has 0 atom stereocenters. The molecular formula is C7H11N3O2. The molecule has 0 unspecified atom stereocenters. The van der Waals surface area contributed by atoms with Gasteiger partial charge in [-0.2, -0.15) is 0 Å². The van der Waals surface area contributed by atoms with Gasteiger partial charge in [-0.15, -0.1) is 0 Å². The molecule has 66 valence electrons. The summed E-state index contributed by atoms with van der Waals surface area (Å²) >= 11 is 0. The molecule has 12 heavy (non-hydrogen) atoms. The zero-order valence-corrected chi connectivity index (χ0v) is 7.00. The molecule has 0 saturated carbocycles. The predicted octanol–water partition coefficient (Wildman–Crippen LogP) is 0.176. The van der Waals surface area contributed by atoms with E-state index in [0.717, 1.165) is 6.08 Å². The molecule has 0 heterocycles. The van der Waals surface area contributed by atoms with Crippen molar-refractivity contribution in [3.8, 4) is 0 Å². The zero-order valence-electron chi connectivity index (χ0n) is 7.00. The van der Waals surface area contributed by atoms with Crippen molar-refractivity contribution in [2.45, 2.75) is 13.8 Å². The fraction of sp³-hybridized carbons (Fsp3) is 0.286. The van der Waals surface area contributed by atoms with Gasteiger partial charge in [-0.3, -0.25) is 10.1 Å². The molecule has 0 spiro atoms. The smallest absolute Gasteiger partial charge is 0.347 e. The standard InChI is InChI=1S/C7H11N3O2/c1-3-9-7(12)10-6(11)4-5(2)8/h3-4H,8H2,1-2H3,(H,10,11,12)/b5-4+,9-3-. The number of nitrogens with zero attached hydrogens (tertiary/aromatic N) is 1. The number of allylic oxidation sites excluding steroid dienone is 1. The van der Waals surface area contributed by atoms with E-state index in [0.29, 0.717) is 5.70 Å². The minimum Gasteiger partial charge on any atom is -0.402 e. The number of aliphatic imine (C=N–C) groups is 1. The fourth-order valence-corrected chi connectivity index (χ4v) is 0.498. The van der Waals surface area contributed by atoms with Crippen LogP contribution >= 0.6 is 0 Å². The first-order chi connectivity index (χ1) is 5.56. The number of imide groups is 1. The summed E-state index contributed by atoms with van der Waals surface area (Å²) in [5.74, 6) is -0.564. The SMILES string of the molecule is C/C=N\C(=O)NC(=O)/C=C(\C)N. The fourth-order valence-electron chi connectivity index (χ4n) is 0.498. The second-order valence-corrected chi connectivity index (χ2v) is 2.07. The van der Waals surface area contributed by atoms with Crippen LogP contribution in [0.4, 0.5) is 4.79 Å². The zero-order chi connectivity index (χ0) is 9.56. The molecule has 0 fully saturated rings. The van der Waals surface area contributed by atoms with Gasteiger partial charge >= 0.3 is 6.03 Å². The molecule has 0 bridgehead atoms. The van der Waals surface area contributed by atoms with E-state index < -0.39 is 11.9 Å². The molecule has 0 aliphatic rings. The lowest BCUT2D eigenvalue weighted by atomic mass is 10.4. The molecule has 0 aromatic carbocycles. The van der Waals surface area contributed by atoms with Gasteiger partial charge in [-0.1, -0.05) is 0 Å². The Labute approximate surface area is 70.3 Å². The summed E-state index contributed by atoms with van der Waals surface area (Å²) in [7, 11) is 0. The van der Waals surface area contributed by atoms with Gasteiger partial charge in [0.25, 0.3) is 5.91 Å². The summed E-state index contributed by atoms with van der Waals surface area (Å²) < 4.78 is 0. The molecule has 0 rings (SSSR count). The van der Waals surface area contributed by atoms with Gasteiger partial charge in [0.1, 0.15) is 0 Å². The second kappa shape index (κ2) is 5.06. The number of hydrogen-bond donors (Lipinski definition) is 2. The lowest BCUT2D eigenvalue weighted by molar-refractivity contribution is -0.115. The normalized spacial score (nSPS) is 11.7. The Kier molecular flexibility index (Phi) is 4.36. The molecule has 0 aromatic heterocycles. The Morgan fingerprint density at radius 3 is 2.50 bits per heavy atom. The summed E-state index contributed by atoms with van der Waals surface area (Å²) in [4.78, 5) is 24.7. The van der Waals surface area contributed by atoms with E-state index in [1.807, 2.05) is 5.32 Å². The third-order valence-electron chi connectivity index (χ3n) is 0.835. The number of urea groups is 1. The van der Waals surface area contributed by atoms with Crippen LogP contribution in [0.15, 0.2) is 16.8 Å². The van der Waals surface area contributed by atoms with Crippen molar-refractivity contribution in [3.05, 3.63) is 11.8 Å². The molecule has 5 nitrogen and oxygen atoms in total. The maximum Gasteiger partial charge on any atom is 0.347 e. The Balaban J connectivity index is 4.02. The van der Waals surface area contributed by atoms with Crippen LogP contribution in [0.2, 0.25) is 0 Å². The number of carbonyl (C=O) groups is 2. The van der Waals surface area contributed by atoms with Gasteiger partial charge in [0, 0.05) is 18.0 Å². The molecule has 0 aromatic rings. The van der Waals surface area contributed by atoms with Crippen molar-refractivity contribution in [1.29, 1.82) is 0 Å². The van der Waals surface area contributed by atoms with Crippen LogP contribution in [0, 0.1) is 0 Å². The molecular weight excluding hydrogens is 158 g/mol. The minimum atomic E-state index is -0.694. The summed E-state index contributed by atoms with van der Waals surface area (Å²) in [6, 6.07) is -0.694. The average Bonchev–Trinajstić information content (AvgIpc) is 1.84. The number of carbonyl (C=O) groups excluding carboxylic acids is 2. The first-order valence-corrected chi connectivity index (χ1v) is 3.33. The molecule has 5 heteroatoms. The molecule has 0 radical (unpaired) electrons. The van der Waals surface area contributed by atoms with E-state index in [1.165, 1.54) is 6.21 Å². The molecule has 3 N–H and O–H groups in total. The van der Waals surface area contributed by atoms with E-state index in [2.05, 4.69) is 4.99 Å². The van der Waals surface area contributed by atoms with Crippen molar-refractivity contribution >= 4 is 18.2 Å². The average molecular weight is 169 g/mol. The molecule has 0 aliphatic carbocycles. The highest BCUT2D eigenvalue weighted by atomic mass is 16.2. The van der Waals surface area contributed by atoms with E-state index in [1.54, 1.807) is 13.8 Å². The highest BCUT2D eigenvalue weighted by Crippen LogP contribution is 1.80. The van der Waals surface area contributed by atoms with Gasteiger partial charge in [0.15, 0.2) is 0 Å². The highest BCUT2D eigenvalue weighted by Gasteiger charge is 2.01. The van der Waals surface area contributed by atoms with Crippen LogP contribution in [-0.2, 0) is 4.79 Å². The predicted molar refractivity (Wildman–Crippen MR) is 45.6 cm³/mol. The number of rotatable bonds is 1. The molecule has 0 aliphatic heterocycles. The second-order valence-electron chi connectivity index (χ2n) is 2.07. The Morgan fingerprint density at radius 2 is 2.08 bits per heavy atom. The highest BCUT2D eigenvalue weighted by molar-refractivity contribution is 6.02. The Bertz CT molecular complexity index is 239. The van der Waals surface area contributed by atoms with Gasteiger partial charge in [0.05, 0.1) is 0 Å². The van der Waals surface area contributed by atoms with Gasteiger partial charge < -0.3 is 5.73 Å². The number of nitrogens with one attached hydrogen (secondary N) is 1. The van der Waals surface area contributed by atoms with Crippen LogP contribution in [0.25, 0.3) is 0 Å². The van der Waals surface area contributed by atoms with Crippen molar-refractivity contribution < 1.29 is 9.59 Å². The minimum absolute atomic E-state index is 0.334. The van der Waals surface area contributed by atoms with E-state index >= 15 is 0 Å². The van der Waals surface area contributed by atoms with Crippen molar-refractivity contribution in [2.75, 3.05) is 0 Å². The van der Waals surface area contributed by atoms with Crippen LogP contribution in [-0.4, -0.2) is 18.2 Å². The summed E-state index contributed by atoms with van der Waals surface area (Å²) in [6.07, 6.45) is 2.41. The van der Waals surface area contributed by atoms with Crippen LogP contribution in [0.1, 0.15) is 13.8 Å². The van der Waals surface area contributed by atoms with Gasteiger partial charge in [0.2, 0.25) is 0 Å². The Hall–Kier alpha value is -1.65. The lowest BCUT2D eigenvalue weighted by Gasteiger charge is -1.94. The quantitative estimate of drug-likeness (QED) is 0.433. The largest absolute Gasteiger partial charge is 0.402 e. The van der Waals surface area contributed by atoms with Crippen LogP contribution in [0.3, 0.4) is 0 Å². The van der Waals surface area contributed by atoms with Crippen molar-refractivity contribution in [1.82, 2.24) is 5.32 Å². The van der Waals surface area contributed by atoms with Crippen molar-refractivity contribution in [2.24, 2.45) is 10.7 Å². The molecule has 0 saturated heterocycles. The monoisotopic (exact) mass is 169 g/mol. The number of amides is 3. The summed E-state index contributed by atoms with van der Waals surface area (Å²) in [6.45, 7) is 3.13. The van der Waals surface area contributed by atoms with Crippen LogP contribution < -0.4 is 11.1 Å². The topological polar surface area (TPSA) is 84.5 Å². The number of hydrogen-bond acceptors (Lipinski definition) is 3. The van der Waals surface area contributed by atoms with E-state index in [-0.39, 0.29) is 0 Å².